The van der Waals surface area contributed by atoms with Crippen LogP contribution in [0, 0.1) is 0 Å². The first-order chi connectivity index (χ1) is 9.00. The average molecular weight is 270 g/mol. The summed E-state index contributed by atoms with van der Waals surface area (Å²) in [6.45, 7) is 8.52. The molecule has 0 bridgehead atoms. The van der Waals surface area contributed by atoms with E-state index in [2.05, 4.69) is 24.1 Å². The van der Waals surface area contributed by atoms with Crippen LogP contribution in [0.4, 0.5) is 0 Å². The van der Waals surface area contributed by atoms with Crippen LogP contribution in [0.2, 0.25) is 0 Å². The highest BCUT2D eigenvalue weighted by Crippen LogP contribution is 2.37. The molecule has 1 N–H and O–H groups in total. The van der Waals surface area contributed by atoms with Crippen molar-refractivity contribution in [1.29, 1.82) is 0 Å². The topological polar surface area (TPSA) is 50.8 Å². The molecular formula is C14H26N2O3. The summed E-state index contributed by atoms with van der Waals surface area (Å²) in [6, 6.07) is 0. The summed E-state index contributed by atoms with van der Waals surface area (Å²) in [7, 11) is 1.49. The fourth-order valence-electron chi connectivity index (χ4n) is 3.38. The Labute approximate surface area is 115 Å². The van der Waals surface area contributed by atoms with Crippen molar-refractivity contribution in [2.45, 2.75) is 44.2 Å². The van der Waals surface area contributed by atoms with Crippen molar-refractivity contribution < 1.29 is 14.3 Å². The molecule has 0 aromatic rings. The lowest BCUT2D eigenvalue weighted by Crippen LogP contribution is -2.62. The number of methoxy groups -OCH3 is 1. The van der Waals surface area contributed by atoms with Crippen molar-refractivity contribution in [1.82, 2.24) is 10.2 Å². The van der Waals surface area contributed by atoms with Gasteiger partial charge in [-0.05, 0) is 33.2 Å². The van der Waals surface area contributed by atoms with Gasteiger partial charge in [0.15, 0.2) is 0 Å². The molecule has 5 heteroatoms. The largest absolute Gasteiger partial charge is 0.468 e. The molecule has 19 heavy (non-hydrogen) atoms. The number of esters is 1. The van der Waals surface area contributed by atoms with Crippen LogP contribution in [0.5, 0.6) is 0 Å². The Balaban J connectivity index is 2.25. The third-order valence-corrected chi connectivity index (χ3v) is 4.24. The first kappa shape index (κ1) is 14.8. The minimum Gasteiger partial charge on any atom is -0.468 e. The van der Waals surface area contributed by atoms with Crippen LogP contribution in [-0.4, -0.2) is 61.9 Å². The van der Waals surface area contributed by atoms with Gasteiger partial charge >= 0.3 is 5.97 Å². The van der Waals surface area contributed by atoms with Crippen LogP contribution in [-0.2, 0) is 14.3 Å². The Kier molecular flexibility index (Phi) is 4.48. The number of carbonyl (C=O) groups excluding carboxylic acids is 1. The van der Waals surface area contributed by atoms with E-state index in [9.17, 15) is 4.79 Å². The minimum absolute atomic E-state index is 0.106. The molecule has 0 aromatic carbocycles. The van der Waals surface area contributed by atoms with Crippen molar-refractivity contribution in [2.75, 3.05) is 39.9 Å². The Morgan fingerprint density at radius 1 is 1.32 bits per heavy atom. The van der Waals surface area contributed by atoms with Gasteiger partial charge in [-0.25, -0.2) is 0 Å². The van der Waals surface area contributed by atoms with Gasteiger partial charge in [0.2, 0.25) is 0 Å². The molecule has 0 amide bonds. The van der Waals surface area contributed by atoms with Gasteiger partial charge in [0.05, 0.1) is 12.7 Å². The van der Waals surface area contributed by atoms with E-state index in [0.717, 1.165) is 39.0 Å². The third kappa shape index (κ3) is 3.09. The maximum Gasteiger partial charge on any atom is 0.326 e. The zero-order chi connectivity index (χ0) is 13.9. The molecule has 0 saturated carbocycles. The molecule has 110 valence electrons. The molecule has 1 unspecified atom stereocenters. The van der Waals surface area contributed by atoms with Crippen LogP contribution in [0.15, 0.2) is 0 Å². The normalized spacial score (nSPS) is 32.6. The first-order valence-electron chi connectivity index (χ1n) is 7.18. The van der Waals surface area contributed by atoms with Crippen molar-refractivity contribution in [2.24, 2.45) is 0 Å². The van der Waals surface area contributed by atoms with Gasteiger partial charge in [-0.2, -0.15) is 0 Å². The summed E-state index contributed by atoms with van der Waals surface area (Å²) < 4.78 is 10.9. The average Bonchev–Trinajstić information content (AvgIpc) is 2.65. The van der Waals surface area contributed by atoms with Crippen LogP contribution in [0.25, 0.3) is 0 Å². The van der Waals surface area contributed by atoms with Crippen molar-refractivity contribution in [3.05, 3.63) is 0 Å². The minimum atomic E-state index is -0.511. The second-order valence-electron chi connectivity index (χ2n) is 6.15. The van der Waals surface area contributed by atoms with Crippen LogP contribution >= 0.6 is 0 Å². The summed E-state index contributed by atoms with van der Waals surface area (Å²) in [6.07, 6.45) is 2.50. The smallest absolute Gasteiger partial charge is 0.326 e. The van der Waals surface area contributed by atoms with Gasteiger partial charge in [0.25, 0.3) is 0 Å². The summed E-state index contributed by atoms with van der Waals surface area (Å²) in [5.41, 5.74) is -0.783. The Morgan fingerprint density at radius 3 is 2.79 bits per heavy atom. The lowest BCUT2D eigenvalue weighted by Gasteiger charge is -2.48. The summed E-state index contributed by atoms with van der Waals surface area (Å²) in [5.74, 6) is -0.106. The van der Waals surface area contributed by atoms with E-state index in [-0.39, 0.29) is 11.6 Å². The van der Waals surface area contributed by atoms with Gasteiger partial charge in [-0.1, -0.05) is 0 Å². The molecule has 1 atom stereocenters. The predicted octanol–water partition coefficient (Wildman–Crippen LogP) is 0.783. The van der Waals surface area contributed by atoms with Crippen molar-refractivity contribution in [3.63, 3.8) is 0 Å². The number of nitrogens with zero attached hydrogens (tertiary/aromatic N) is 1. The molecule has 2 aliphatic heterocycles. The summed E-state index contributed by atoms with van der Waals surface area (Å²) >= 11 is 0. The number of hydrogen-bond acceptors (Lipinski definition) is 5. The maximum atomic E-state index is 12.4. The third-order valence-electron chi connectivity index (χ3n) is 4.24. The quantitative estimate of drug-likeness (QED) is 0.752. The number of ether oxygens (including phenoxy) is 2. The monoisotopic (exact) mass is 270 g/mol. The van der Waals surface area contributed by atoms with Gasteiger partial charge in [-0.15, -0.1) is 0 Å². The first-order valence-corrected chi connectivity index (χ1v) is 7.18. The molecule has 2 rings (SSSR count). The molecule has 2 fully saturated rings. The molecular weight excluding hydrogens is 244 g/mol. The van der Waals surface area contributed by atoms with E-state index in [1.165, 1.54) is 7.11 Å². The molecule has 0 aromatic heterocycles. The van der Waals surface area contributed by atoms with Gasteiger partial charge in [-0.3, -0.25) is 9.69 Å². The molecule has 2 heterocycles. The summed E-state index contributed by atoms with van der Waals surface area (Å²) in [5, 5.41) is 3.39. The maximum absolute atomic E-state index is 12.4. The van der Waals surface area contributed by atoms with E-state index in [1.807, 2.05) is 0 Å². The molecule has 0 aliphatic carbocycles. The lowest BCUT2D eigenvalue weighted by molar-refractivity contribution is -0.175. The van der Waals surface area contributed by atoms with Crippen LogP contribution < -0.4 is 5.32 Å². The highest BCUT2D eigenvalue weighted by molar-refractivity contribution is 5.81. The number of hydrogen-bond donors (Lipinski definition) is 1. The highest BCUT2D eigenvalue weighted by atomic mass is 16.5. The molecule has 2 saturated heterocycles. The molecule has 0 spiro atoms. The Bertz CT molecular complexity index is 325. The van der Waals surface area contributed by atoms with Crippen LogP contribution in [0.1, 0.15) is 33.1 Å². The molecule has 2 aliphatic rings. The second-order valence-corrected chi connectivity index (χ2v) is 6.15. The number of nitrogens with one attached hydrogen (secondary N) is 1. The van der Waals surface area contributed by atoms with E-state index < -0.39 is 5.54 Å². The van der Waals surface area contributed by atoms with Crippen molar-refractivity contribution >= 4 is 5.97 Å². The zero-order valence-electron chi connectivity index (χ0n) is 12.3. The standard InChI is InChI=1S/C14H26N2O3/c1-13(2)11-14(5-10-19-13,12(17)18-3)16-8-4-6-15-7-9-16/h15H,4-11H2,1-3H3. The van der Waals surface area contributed by atoms with E-state index in [0.29, 0.717) is 13.0 Å². The molecule has 0 radical (unpaired) electrons. The Hall–Kier alpha value is -0.650. The zero-order valence-corrected chi connectivity index (χ0v) is 12.3. The highest BCUT2D eigenvalue weighted by Gasteiger charge is 2.51. The fraction of sp³-hybridized carbons (Fsp3) is 0.929. The van der Waals surface area contributed by atoms with Gasteiger partial charge < -0.3 is 14.8 Å². The van der Waals surface area contributed by atoms with Gasteiger partial charge in [0, 0.05) is 32.7 Å². The van der Waals surface area contributed by atoms with E-state index >= 15 is 0 Å². The second kappa shape index (κ2) is 5.77. The number of carbonyl (C=O) groups is 1. The predicted molar refractivity (Wildman–Crippen MR) is 73.1 cm³/mol. The SMILES string of the molecule is COC(=O)C1(N2CCCNCC2)CCOC(C)(C)C1. The Morgan fingerprint density at radius 2 is 2.11 bits per heavy atom. The summed E-state index contributed by atoms with van der Waals surface area (Å²) in [4.78, 5) is 14.8. The van der Waals surface area contributed by atoms with Crippen LogP contribution in [0.3, 0.4) is 0 Å². The van der Waals surface area contributed by atoms with E-state index in [4.69, 9.17) is 9.47 Å². The lowest BCUT2D eigenvalue weighted by atomic mass is 9.79. The van der Waals surface area contributed by atoms with Gasteiger partial charge in [0.1, 0.15) is 5.54 Å². The van der Waals surface area contributed by atoms with E-state index in [1.54, 1.807) is 0 Å². The fourth-order valence-corrected chi connectivity index (χ4v) is 3.38. The number of rotatable bonds is 2. The van der Waals surface area contributed by atoms with Crippen molar-refractivity contribution in [3.8, 4) is 0 Å². The molecule has 5 nitrogen and oxygen atoms in total.